The summed E-state index contributed by atoms with van der Waals surface area (Å²) in [6.45, 7) is 6.18. The van der Waals surface area contributed by atoms with Gasteiger partial charge in [0.25, 0.3) is 0 Å². The smallest absolute Gasteiger partial charge is 0.247 e. The second-order valence-electron chi connectivity index (χ2n) is 4.25. The summed E-state index contributed by atoms with van der Waals surface area (Å²) in [6, 6.07) is 0. The minimum atomic E-state index is -0.379. The first-order valence-electron chi connectivity index (χ1n) is 5.70. The third-order valence-electron chi connectivity index (χ3n) is 2.59. The molecule has 0 aromatic rings. The summed E-state index contributed by atoms with van der Waals surface area (Å²) in [5.41, 5.74) is 0. The van der Waals surface area contributed by atoms with E-state index in [-0.39, 0.29) is 5.79 Å². The van der Waals surface area contributed by atoms with Crippen molar-refractivity contribution in [1.29, 1.82) is 0 Å². The Morgan fingerprint density at radius 1 is 1.21 bits per heavy atom. The fraction of sp³-hybridized carbons (Fsp3) is 0.833. The average molecular weight is 198 g/mol. The van der Waals surface area contributed by atoms with Crippen molar-refractivity contribution in [1.82, 2.24) is 0 Å². The van der Waals surface area contributed by atoms with Gasteiger partial charge in [-0.3, -0.25) is 0 Å². The molecule has 1 aliphatic rings. The van der Waals surface area contributed by atoms with Crippen molar-refractivity contribution in [2.75, 3.05) is 0 Å². The fourth-order valence-corrected chi connectivity index (χ4v) is 1.76. The van der Waals surface area contributed by atoms with E-state index >= 15 is 0 Å². The molecule has 0 aliphatic carbocycles. The highest BCUT2D eigenvalue weighted by Crippen LogP contribution is 2.29. The van der Waals surface area contributed by atoms with Gasteiger partial charge in [0, 0.05) is 13.3 Å². The Morgan fingerprint density at radius 2 is 1.93 bits per heavy atom. The summed E-state index contributed by atoms with van der Waals surface area (Å²) >= 11 is 0. The van der Waals surface area contributed by atoms with Crippen molar-refractivity contribution in [2.24, 2.45) is 0 Å². The molecular formula is C12H22O2. The topological polar surface area (TPSA) is 18.5 Å². The van der Waals surface area contributed by atoms with Crippen molar-refractivity contribution in [2.45, 2.75) is 65.1 Å². The van der Waals surface area contributed by atoms with E-state index in [1.54, 1.807) is 6.26 Å². The molecule has 2 heteroatoms. The molecule has 1 atom stereocenters. The summed E-state index contributed by atoms with van der Waals surface area (Å²) in [4.78, 5) is 0. The third-order valence-corrected chi connectivity index (χ3v) is 2.59. The van der Waals surface area contributed by atoms with Crippen LogP contribution in [-0.2, 0) is 9.47 Å². The van der Waals surface area contributed by atoms with Crippen LogP contribution in [0.3, 0.4) is 0 Å². The molecule has 0 amide bonds. The predicted octanol–water partition coefficient (Wildman–Crippen LogP) is 3.97. The van der Waals surface area contributed by atoms with Crippen LogP contribution in [0.4, 0.5) is 0 Å². The molecule has 0 aromatic carbocycles. The van der Waals surface area contributed by atoms with E-state index in [9.17, 15) is 0 Å². The number of hydrogen-bond acceptors (Lipinski definition) is 2. The number of unbranched alkanes of at least 4 members (excludes halogenated alkanes) is 4. The van der Waals surface area contributed by atoms with E-state index in [1.807, 2.05) is 13.8 Å². The molecule has 14 heavy (non-hydrogen) atoms. The van der Waals surface area contributed by atoms with Crippen LogP contribution < -0.4 is 0 Å². The van der Waals surface area contributed by atoms with Crippen LogP contribution in [0.2, 0.25) is 0 Å². The molecule has 0 bridgehead atoms. The van der Waals surface area contributed by atoms with Crippen LogP contribution in [0.25, 0.3) is 0 Å². The highest BCUT2D eigenvalue weighted by atomic mass is 16.7. The maximum Gasteiger partial charge on any atom is 0.247 e. The molecule has 1 rings (SSSR count). The molecule has 0 fully saturated rings. The van der Waals surface area contributed by atoms with Gasteiger partial charge < -0.3 is 9.47 Å². The maximum absolute atomic E-state index is 5.59. The lowest BCUT2D eigenvalue weighted by Gasteiger charge is -2.23. The Balaban J connectivity index is 2.07. The largest absolute Gasteiger partial charge is 0.457 e. The van der Waals surface area contributed by atoms with Gasteiger partial charge in [-0.25, -0.2) is 0 Å². The molecule has 1 aliphatic heterocycles. The SMILES string of the molecule is CCCCCCCC1(C)OC=C(C)O1. The molecule has 0 spiro atoms. The fourth-order valence-electron chi connectivity index (χ4n) is 1.76. The van der Waals surface area contributed by atoms with Crippen LogP contribution in [0, 0.1) is 0 Å². The summed E-state index contributed by atoms with van der Waals surface area (Å²) in [5, 5.41) is 0. The zero-order chi connectivity index (χ0) is 10.4. The van der Waals surface area contributed by atoms with Crippen LogP contribution in [0.15, 0.2) is 12.0 Å². The van der Waals surface area contributed by atoms with Crippen molar-refractivity contribution in [3.05, 3.63) is 12.0 Å². The lowest BCUT2D eigenvalue weighted by molar-refractivity contribution is -0.138. The molecule has 2 nitrogen and oxygen atoms in total. The Kier molecular flexibility index (Phi) is 4.30. The van der Waals surface area contributed by atoms with Gasteiger partial charge in [0.2, 0.25) is 5.79 Å². The van der Waals surface area contributed by atoms with Crippen molar-refractivity contribution >= 4 is 0 Å². The van der Waals surface area contributed by atoms with Gasteiger partial charge in [-0.05, 0) is 13.3 Å². The quantitative estimate of drug-likeness (QED) is 0.601. The van der Waals surface area contributed by atoms with E-state index in [0.717, 1.165) is 12.2 Å². The second kappa shape index (κ2) is 5.28. The van der Waals surface area contributed by atoms with Crippen LogP contribution in [0.1, 0.15) is 59.3 Å². The number of hydrogen-bond donors (Lipinski definition) is 0. The van der Waals surface area contributed by atoms with Crippen LogP contribution in [0.5, 0.6) is 0 Å². The predicted molar refractivity (Wildman–Crippen MR) is 57.7 cm³/mol. The molecule has 0 N–H and O–H groups in total. The molecule has 0 saturated heterocycles. The first kappa shape index (κ1) is 11.4. The third kappa shape index (κ3) is 3.60. The Bertz CT molecular complexity index is 198. The standard InChI is InChI=1S/C12H22O2/c1-4-5-6-7-8-9-12(3)13-10-11(2)14-12/h10H,4-9H2,1-3H3. The maximum atomic E-state index is 5.59. The highest BCUT2D eigenvalue weighted by molar-refractivity contribution is 4.91. The Morgan fingerprint density at radius 3 is 2.50 bits per heavy atom. The Labute approximate surface area is 87.3 Å². The molecule has 1 heterocycles. The van der Waals surface area contributed by atoms with E-state index in [4.69, 9.17) is 9.47 Å². The van der Waals surface area contributed by atoms with E-state index in [2.05, 4.69) is 6.92 Å². The first-order valence-corrected chi connectivity index (χ1v) is 5.70. The molecule has 0 aromatic heterocycles. The van der Waals surface area contributed by atoms with Crippen LogP contribution >= 0.6 is 0 Å². The van der Waals surface area contributed by atoms with Crippen molar-refractivity contribution in [3.8, 4) is 0 Å². The van der Waals surface area contributed by atoms with Crippen molar-refractivity contribution in [3.63, 3.8) is 0 Å². The van der Waals surface area contributed by atoms with Crippen molar-refractivity contribution < 1.29 is 9.47 Å². The molecule has 82 valence electrons. The van der Waals surface area contributed by atoms with Gasteiger partial charge in [0.1, 0.15) is 12.0 Å². The molecule has 0 saturated carbocycles. The average Bonchev–Trinajstić information content (AvgIpc) is 2.47. The number of rotatable bonds is 6. The summed E-state index contributed by atoms with van der Waals surface area (Å²) < 4.78 is 11.1. The lowest BCUT2D eigenvalue weighted by Crippen LogP contribution is -2.25. The van der Waals surface area contributed by atoms with Gasteiger partial charge in [-0.15, -0.1) is 0 Å². The molecular weight excluding hydrogens is 176 g/mol. The zero-order valence-electron chi connectivity index (χ0n) is 9.64. The number of ether oxygens (including phenoxy) is 2. The normalized spacial score (nSPS) is 25.5. The van der Waals surface area contributed by atoms with E-state index in [1.165, 1.54) is 32.1 Å². The minimum Gasteiger partial charge on any atom is -0.457 e. The minimum absolute atomic E-state index is 0.379. The monoisotopic (exact) mass is 198 g/mol. The number of allylic oxidation sites excluding steroid dienone is 1. The van der Waals surface area contributed by atoms with E-state index in [0.29, 0.717) is 0 Å². The second-order valence-corrected chi connectivity index (χ2v) is 4.25. The highest BCUT2D eigenvalue weighted by Gasteiger charge is 2.30. The van der Waals surface area contributed by atoms with Gasteiger partial charge in [0.15, 0.2) is 0 Å². The first-order chi connectivity index (χ1) is 6.66. The van der Waals surface area contributed by atoms with Gasteiger partial charge in [0.05, 0.1) is 0 Å². The van der Waals surface area contributed by atoms with Gasteiger partial charge >= 0.3 is 0 Å². The van der Waals surface area contributed by atoms with Crippen LogP contribution in [-0.4, -0.2) is 5.79 Å². The Hall–Kier alpha value is -0.660. The zero-order valence-corrected chi connectivity index (χ0v) is 9.64. The van der Waals surface area contributed by atoms with E-state index < -0.39 is 0 Å². The van der Waals surface area contributed by atoms with Gasteiger partial charge in [-0.2, -0.15) is 0 Å². The molecule has 1 unspecified atom stereocenters. The van der Waals surface area contributed by atoms with Gasteiger partial charge in [-0.1, -0.05) is 32.6 Å². The summed E-state index contributed by atoms with van der Waals surface area (Å²) in [5.74, 6) is 0.511. The molecule has 0 radical (unpaired) electrons. The summed E-state index contributed by atoms with van der Waals surface area (Å²) in [6.07, 6.45) is 9.16. The summed E-state index contributed by atoms with van der Waals surface area (Å²) in [7, 11) is 0. The lowest BCUT2D eigenvalue weighted by atomic mass is 10.1.